The lowest BCUT2D eigenvalue weighted by atomic mass is 10.1. The molecule has 0 aromatic heterocycles. The number of rotatable bonds is 3. The fourth-order valence-electron chi connectivity index (χ4n) is 2.40. The predicted molar refractivity (Wildman–Crippen MR) is 72.6 cm³/mol. The highest BCUT2D eigenvalue weighted by Crippen LogP contribution is 2.35. The van der Waals surface area contributed by atoms with E-state index in [1.807, 2.05) is 0 Å². The molecule has 0 saturated heterocycles. The van der Waals surface area contributed by atoms with Crippen molar-refractivity contribution in [2.24, 2.45) is 11.7 Å². The summed E-state index contributed by atoms with van der Waals surface area (Å²) in [5.74, 6) is 1.80. The first-order chi connectivity index (χ1) is 7.66. The van der Waals surface area contributed by atoms with Gasteiger partial charge in [-0.2, -0.15) is 11.8 Å². The number of thioether (sulfide) groups is 1. The fourth-order valence-corrected chi connectivity index (χ4v) is 3.79. The SMILES string of the molecule is Cc1cccc(CSC2CCC(N)C2C)c1. The monoisotopic (exact) mass is 235 g/mol. The highest BCUT2D eigenvalue weighted by atomic mass is 32.2. The molecule has 1 aliphatic carbocycles. The molecule has 2 N–H and O–H groups in total. The normalized spacial score (nSPS) is 29.6. The van der Waals surface area contributed by atoms with Gasteiger partial charge >= 0.3 is 0 Å². The molecule has 2 heteroatoms. The van der Waals surface area contributed by atoms with Gasteiger partial charge in [0.15, 0.2) is 0 Å². The molecule has 0 radical (unpaired) electrons. The van der Waals surface area contributed by atoms with E-state index in [1.54, 1.807) is 0 Å². The van der Waals surface area contributed by atoms with Gasteiger partial charge < -0.3 is 5.73 Å². The molecule has 16 heavy (non-hydrogen) atoms. The van der Waals surface area contributed by atoms with Gasteiger partial charge in [0.2, 0.25) is 0 Å². The standard InChI is InChI=1S/C14H21NS/c1-10-4-3-5-12(8-10)9-16-14-7-6-13(15)11(14)2/h3-5,8,11,13-14H,6-7,9,15H2,1-2H3. The second kappa shape index (κ2) is 5.24. The second-order valence-corrected chi connectivity index (χ2v) is 6.17. The number of hydrogen-bond donors (Lipinski definition) is 1. The van der Waals surface area contributed by atoms with E-state index in [9.17, 15) is 0 Å². The number of nitrogens with two attached hydrogens (primary N) is 1. The largest absolute Gasteiger partial charge is 0.327 e. The van der Waals surface area contributed by atoms with Crippen LogP contribution >= 0.6 is 11.8 Å². The summed E-state index contributed by atoms with van der Waals surface area (Å²) in [6.07, 6.45) is 2.49. The van der Waals surface area contributed by atoms with Crippen molar-refractivity contribution in [3.63, 3.8) is 0 Å². The first kappa shape index (κ1) is 12.0. The van der Waals surface area contributed by atoms with Crippen molar-refractivity contribution >= 4 is 11.8 Å². The van der Waals surface area contributed by atoms with Crippen LogP contribution in [0.1, 0.15) is 30.9 Å². The molecule has 3 atom stereocenters. The van der Waals surface area contributed by atoms with Gasteiger partial charge in [0, 0.05) is 17.0 Å². The van der Waals surface area contributed by atoms with Crippen LogP contribution in [0.5, 0.6) is 0 Å². The third-order valence-corrected chi connectivity index (χ3v) is 5.19. The third-order valence-electron chi connectivity index (χ3n) is 3.59. The lowest BCUT2D eigenvalue weighted by Gasteiger charge is -2.17. The van der Waals surface area contributed by atoms with E-state index in [0.717, 1.165) is 11.0 Å². The summed E-state index contributed by atoms with van der Waals surface area (Å²) in [6.45, 7) is 4.45. The van der Waals surface area contributed by atoms with Crippen LogP contribution < -0.4 is 5.73 Å². The molecule has 0 aliphatic heterocycles. The van der Waals surface area contributed by atoms with Crippen LogP contribution in [-0.4, -0.2) is 11.3 Å². The summed E-state index contributed by atoms with van der Waals surface area (Å²) in [6, 6.07) is 9.23. The van der Waals surface area contributed by atoms with Gasteiger partial charge in [0.25, 0.3) is 0 Å². The first-order valence-corrected chi connectivity index (χ1v) is 7.14. The topological polar surface area (TPSA) is 26.0 Å². The molecule has 1 aliphatic rings. The molecule has 1 aromatic rings. The van der Waals surface area contributed by atoms with Crippen LogP contribution in [0.15, 0.2) is 24.3 Å². The minimum Gasteiger partial charge on any atom is -0.327 e. The zero-order valence-corrected chi connectivity index (χ0v) is 11.0. The molecule has 3 unspecified atom stereocenters. The molecule has 0 spiro atoms. The van der Waals surface area contributed by atoms with Crippen LogP contribution in [-0.2, 0) is 5.75 Å². The molecule has 1 saturated carbocycles. The molecule has 0 heterocycles. The van der Waals surface area contributed by atoms with E-state index in [-0.39, 0.29) is 0 Å². The summed E-state index contributed by atoms with van der Waals surface area (Å²) in [7, 11) is 0. The fraction of sp³-hybridized carbons (Fsp3) is 0.571. The second-order valence-electron chi connectivity index (χ2n) is 4.94. The van der Waals surface area contributed by atoms with Gasteiger partial charge in [-0.25, -0.2) is 0 Å². The third kappa shape index (κ3) is 2.80. The lowest BCUT2D eigenvalue weighted by Crippen LogP contribution is -2.26. The zero-order valence-electron chi connectivity index (χ0n) is 10.1. The minimum atomic E-state index is 0.426. The van der Waals surface area contributed by atoms with E-state index >= 15 is 0 Å². The van der Waals surface area contributed by atoms with Gasteiger partial charge in [-0.3, -0.25) is 0 Å². The Kier molecular flexibility index (Phi) is 3.93. The molecule has 1 fully saturated rings. The Morgan fingerprint density at radius 3 is 2.81 bits per heavy atom. The Hall–Kier alpha value is -0.470. The van der Waals surface area contributed by atoms with Crippen LogP contribution in [0.25, 0.3) is 0 Å². The van der Waals surface area contributed by atoms with Crippen LogP contribution in [0.2, 0.25) is 0 Å². The van der Waals surface area contributed by atoms with Gasteiger partial charge in [-0.15, -0.1) is 0 Å². The van der Waals surface area contributed by atoms with Crippen molar-refractivity contribution < 1.29 is 0 Å². The molecule has 0 amide bonds. The smallest absolute Gasteiger partial charge is 0.0187 e. The first-order valence-electron chi connectivity index (χ1n) is 6.09. The van der Waals surface area contributed by atoms with Crippen molar-refractivity contribution in [3.05, 3.63) is 35.4 Å². The summed E-state index contributed by atoms with van der Waals surface area (Å²) in [5, 5.41) is 0.760. The molecule has 0 bridgehead atoms. The summed E-state index contributed by atoms with van der Waals surface area (Å²) >= 11 is 2.08. The van der Waals surface area contributed by atoms with Crippen molar-refractivity contribution in [1.29, 1.82) is 0 Å². The lowest BCUT2D eigenvalue weighted by molar-refractivity contribution is 0.535. The average Bonchev–Trinajstić information content (AvgIpc) is 2.57. The van der Waals surface area contributed by atoms with Crippen LogP contribution in [0, 0.1) is 12.8 Å². The van der Waals surface area contributed by atoms with Gasteiger partial charge in [-0.1, -0.05) is 36.8 Å². The predicted octanol–water partition coefficient (Wildman–Crippen LogP) is 3.35. The maximum atomic E-state index is 6.05. The Bertz CT molecular complexity index is 350. The summed E-state index contributed by atoms with van der Waals surface area (Å²) in [5.41, 5.74) is 8.85. The van der Waals surface area contributed by atoms with Crippen molar-refractivity contribution in [2.45, 2.75) is 43.7 Å². The van der Waals surface area contributed by atoms with Crippen molar-refractivity contribution in [3.8, 4) is 0 Å². The highest BCUT2D eigenvalue weighted by Gasteiger charge is 2.30. The molecule has 1 nitrogen and oxygen atoms in total. The Morgan fingerprint density at radius 2 is 2.19 bits per heavy atom. The van der Waals surface area contributed by atoms with E-state index < -0.39 is 0 Å². The van der Waals surface area contributed by atoms with Crippen molar-refractivity contribution in [1.82, 2.24) is 0 Å². The average molecular weight is 235 g/mol. The molecule has 1 aromatic carbocycles. The van der Waals surface area contributed by atoms with E-state index in [2.05, 4.69) is 49.9 Å². The number of benzene rings is 1. The van der Waals surface area contributed by atoms with Gasteiger partial charge in [0.05, 0.1) is 0 Å². The van der Waals surface area contributed by atoms with E-state index in [0.29, 0.717) is 12.0 Å². The molecular formula is C14H21NS. The molecule has 88 valence electrons. The number of hydrogen-bond acceptors (Lipinski definition) is 2. The molecule has 2 rings (SSSR count). The van der Waals surface area contributed by atoms with Crippen LogP contribution in [0.4, 0.5) is 0 Å². The summed E-state index contributed by atoms with van der Waals surface area (Å²) < 4.78 is 0. The summed E-state index contributed by atoms with van der Waals surface area (Å²) in [4.78, 5) is 0. The quantitative estimate of drug-likeness (QED) is 0.869. The van der Waals surface area contributed by atoms with Gasteiger partial charge in [0.1, 0.15) is 0 Å². The highest BCUT2D eigenvalue weighted by molar-refractivity contribution is 7.99. The van der Waals surface area contributed by atoms with Crippen molar-refractivity contribution in [2.75, 3.05) is 0 Å². The molecular weight excluding hydrogens is 214 g/mol. The maximum Gasteiger partial charge on any atom is 0.0187 e. The number of aryl methyl sites for hydroxylation is 1. The minimum absolute atomic E-state index is 0.426. The van der Waals surface area contributed by atoms with E-state index in [1.165, 1.54) is 24.0 Å². The Labute approximate surface area is 103 Å². The zero-order chi connectivity index (χ0) is 11.5. The Morgan fingerprint density at radius 1 is 1.38 bits per heavy atom. The Balaban J connectivity index is 1.88. The van der Waals surface area contributed by atoms with Crippen LogP contribution in [0.3, 0.4) is 0 Å². The van der Waals surface area contributed by atoms with E-state index in [4.69, 9.17) is 5.73 Å². The van der Waals surface area contributed by atoms with Gasteiger partial charge in [-0.05, 0) is 31.2 Å². The maximum absolute atomic E-state index is 6.05.